The molecule has 0 saturated carbocycles. The third-order valence-corrected chi connectivity index (χ3v) is 3.14. The summed E-state index contributed by atoms with van der Waals surface area (Å²) in [5.41, 5.74) is 0.245. The number of benzene rings is 2. The molecule has 0 aliphatic carbocycles. The molecule has 2 aromatic rings. The zero-order valence-corrected chi connectivity index (χ0v) is 12.7. The third kappa shape index (κ3) is 4.29. The quantitative estimate of drug-likeness (QED) is 0.877. The Morgan fingerprint density at radius 1 is 1.18 bits per heavy atom. The maximum atomic E-state index is 12.7. The van der Waals surface area contributed by atoms with Crippen molar-refractivity contribution >= 4 is 33.5 Å². The molecule has 0 aliphatic heterocycles. The molecule has 0 atom stereocenters. The summed E-state index contributed by atoms with van der Waals surface area (Å²) in [7, 11) is 0. The van der Waals surface area contributed by atoms with Crippen molar-refractivity contribution in [3.63, 3.8) is 0 Å². The molecule has 7 heteroatoms. The molecule has 0 heterocycles. The molecule has 114 valence electrons. The fraction of sp³-hybridized carbons (Fsp3) is 0.0667. The van der Waals surface area contributed by atoms with Crippen molar-refractivity contribution in [1.82, 2.24) is 0 Å². The fourth-order valence-corrected chi connectivity index (χ4v) is 2.02. The number of amides is 1. The van der Waals surface area contributed by atoms with Crippen molar-refractivity contribution < 1.29 is 23.8 Å². The number of aromatic carboxylic acids is 1. The summed E-state index contributed by atoms with van der Waals surface area (Å²) in [4.78, 5) is 22.7. The van der Waals surface area contributed by atoms with Gasteiger partial charge in [-0.25, -0.2) is 4.39 Å². The SMILES string of the molecule is O=C(COc1ccc(Br)cc1C(=O)[O-])Nc1ccc(F)cc1. The second-order valence-electron chi connectivity index (χ2n) is 4.27. The average molecular weight is 367 g/mol. The number of rotatable bonds is 5. The van der Waals surface area contributed by atoms with Crippen molar-refractivity contribution in [1.29, 1.82) is 0 Å². The molecule has 2 rings (SSSR count). The van der Waals surface area contributed by atoms with E-state index in [2.05, 4.69) is 21.2 Å². The normalized spacial score (nSPS) is 10.1. The number of halogens is 2. The Hall–Kier alpha value is -2.41. The topological polar surface area (TPSA) is 78.5 Å². The molecule has 0 spiro atoms. The molecule has 22 heavy (non-hydrogen) atoms. The van der Waals surface area contributed by atoms with Crippen LogP contribution in [0.2, 0.25) is 0 Å². The average Bonchev–Trinajstić information content (AvgIpc) is 2.48. The number of carboxylic acids is 1. The van der Waals surface area contributed by atoms with Gasteiger partial charge in [-0.2, -0.15) is 0 Å². The predicted molar refractivity (Wildman–Crippen MR) is 79.0 cm³/mol. The number of nitrogens with one attached hydrogen (secondary N) is 1. The summed E-state index contributed by atoms with van der Waals surface area (Å²) >= 11 is 3.14. The summed E-state index contributed by atoms with van der Waals surface area (Å²) in [6.07, 6.45) is 0. The number of hydrogen-bond donors (Lipinski definition) is 1. The van der Waals surface area contributed by atoms with E-state index < -0.39 is 17.7 Å². The highest BCUT2D eigenvalue weighted by Gasteiger charge is 2.09. The Kier molecular flexibility index (Phi) is 5.11. The molecule has 0 fully saturated rings. The molecule has 1 amide bonds. The molecule has 0 unspecified atom stereocenters. The summed E-state index contributed by atoms with van der Waals surface area (Å²) < 4.78 is 18.5. The fourth-order valence-electron chi connectivity index (χ4n) is 1.66. The van der Waals surface area contributed by atoms with Crippen molar-refractivity contribution in [3.8, 4) is 5.75 Å². The van der Waals surface area contributed by atoms with Crippen molar-refractivity contribution in [3.05, 3.63) is 58.3 Å². The zero-order chi connectivity index (χ0) is 16.1. The molecular weight excluding hydrogens is 357 g/mol. The largest absolute Gasteiger partial charge is 0.545 e. The lowest BCUT2D eigenvalue weighted by atomic mass is 10.2. The van der Waals surface area contributed by atoms with Gasteiger partial charge in [0.2, 0.25) is 0 Å². The van der Waals surface area contributed by atoms with E-state index >= 15 is 0 Å². The minimum absolute atomic E-state index is 0.0254. The van der Waals surface area contributed by atoms with Gasteiger partial charge in [-0.3, -0.25) is 4.79 Å². The summed E-state index contributed by atoms with van der Waals surface area (Å²) in [6.45, 7) is -0.390. The molecular formula is C15H10BrFNO4-. The minimum Gasteiger partial charge on any atom is -0.545 e. The molecule has 0 saturated heterocycles. The van der Waals surface area contributed by atoms with Gasteiger partial charge in [0.15, 0.2) is 6.61 Å². The summed E-state index contributed by atoms with van der Waals surface area (Å²) in [6, 6.07) is 9.54. The van der Waals surface area contributed by atoms with Crippen LogP contribution in [-0.4, -0.2) is 18.5 Å². The first-order valence-electron chi connectivity index (χ1n) is 6.15. The molecule has 5 nitrogen and oxygen atoms in total. The minimum atomic E-state index is -1.41. The molecule has 0 aromatic heterocycles. The maximum absolute atomic E-state index is 12.7. The number of carbonyl (C=O) groups excluding carboxylic acids is 2. The van der Waals surface area contributed by atoms with Gasteiger partial charge in [-0.05, 0) is 42.5 Å². The highest BCUT2D eigenvalue weighted by Crippen LogP contribution is 2.22. The van der Waals surface area contributed by atoms with Crippen LogP contribution in [0.3, 0.4) is 0 Å². The van der Waals surface area contributed by atoms with E-state index in [0.717, 1.165) is 0 Å². The van der Waals surface area contributed by atoms with E-state index in [1.54, 1.807) is 6.07 Å². The smallest absolute Gasteiger partial charge is 0.262 e. The van der Waals surface area contributed by atoms with Crippen LogP contribution >= 0.6 is 15.9 Å². The van der Waals surface area contributed by atoms with Gasteiger partial charge < -0.3 is 20.0 Å². The number of ether oxygens (including phenoxy) is 1. The Labute approximate surface area is 133 Å². The second-order valence-corrected chi connectivity index (χ2v) is 5.19. The first kappa shape index (κ1) is 16.0. The van der Waals surface area contributed by atoms with Crippen LogP contribution in [0.4, 0.5) is 10.1 Å². The Morgan fingerprint density at radius 2 is 1.86 bits per heavy atom. The lowest BCUT2D eigenvalue weighted by Crippen LogP contribution is -2.25. The standard InChI is InChI=1S/C15H11BrFNO4/c16-9-1-6-13(12(7-9)15(20)21)22-8-14(19)18-11-4-2-10(17)3-5-11/h1-7H,8H2,(H,18,19)(H,20,21)/p-1. The zero-order valence-electron chi connectivity index (χ0n) is 11.1. The number of carbonyl (C=O) groups is 2. The van der Waals surface area contributed by atoms with E-state index in [0.29, 0.717) is 10.2 Å². The van der Waals surface area contributed by atoms with E-state index in [4.69, 9.17) is 4.74 Å². The summed E-state index contributed by atoms with van der Waals surface area (Å²) in [5.74, 6) is -2.30. The van der Waals surface area contributed by atoms with Gasteiger partial charge >= 0.3 is 0 Å². The monoisotopic (exact) mass is 366 g/mol. The lowest BCUT2D eigenvalue weighted by Gasteiger charge is -2.12. The molecule has 2 aromatic carbocycles. The molecule has 1 N–H and O–H groups in total. The third-order valence-electron chi connectivity index (χ3n) is 2.65. The Balaban J connectivity index is 1.99. The first-order valence-corrected chi connectivity index (χ1v) is 6.94. The highest BCUT2D eigenvalue weighted by atomic mass is 79.9. The van der Waals surface area contributed by atoms with Gasteiger partial charge in [-0.15, -0.1) is 0 Å². The molecule has 0 aliphatic rings. The number of carboxylic acid groups (broad SMARTS) is 1. The van der Waals surface area contributed by atoms with Crippen LogP contribution < -0.4 is 15.2 Å². The van der Waals surface area contributed by atoms with Crippen LogP contribution in [0.15, 0.2) is 46.9 Å². The lowest BCUT2D eigenvalue weighted by molar-refractivity contribution is -0.255. The summed E-state index contributed by atoms with van der Waals surface area (Å²) in [5, 5.41) is 13.5. The van der Waals surface area contributed by atoms with Gasteiger partial charge in [0.25, 0.3) is 5.91 Å². The van der Waals surface area contributed by atoms with Crippen LogP contribution in [0.25, 0.3) is 0 Å². The van der Waals surface area contributed by atoms with Crippen molar-refractivity contribution in [2.24, 2.45) is 0 Å². The van der Waals surface area contributed by atoms with Crippen LogP contribution in [-0.2, 0) is 4.79 Å². The predicted octanol–water partition coefficient (Wildman–Crippen LogP) is 1.97. The van der Waals surface area contributed by atoms with Gasteiger partial charge in [0.1, 0.15) is 11.6 Å². The number of anilines is 1. The number of hydrogen-bond acceptors (Lipinski definition) is 4. The first-order chi connectivity index (χ1) is 10.5. The highest BCUT2D eigenvalue weighted by molar-refractivity contribution is 9.10. The van der Waals surface area contributed by atoms with Gasteiger partial charge in [-0.1, -0.05) is 15.9 Å². The molecule has 0 bridgehead atoms. The maximum Gasteiger partial charge on any atom is 0.262 e. The Bertz CT molecular complexity index is 703. The van der Waals surface area contributed by atoms with E-state index in [-0.39, 0.29) is 17.9 Å². The van der Waals surface area contributed by atoms with Crippen LogP contribution in [0.5, 0.6) is 5.75 Å². The molecule has 0 radical (unpaired) electrons. The Morgan fingerprint density at radius 3 is 2.50 bits per heavy atom. The second kappa shape index (κ2) is 7.04. The van der Waals surface area contributed by atoms with Crippen molar-refractivity contribution in [2.75, 3.05) is 11.9 Å². The van der Waals surface area contributed by atoms with Gasteiger partial charge in [0, 0.05) is 15.7 Å². The van der Waals surface area contributed by atoms with E-state index in [1.165, 1.54) is 36.4 Å². The van der Waals surface area contributed by atoms with E-state index in [9.17, 15) is 19.1 Å². The van der Waals surface area contributed by atoms with Gasteiger partial charge in [0.05, 0.1) is 5.97 Å². The van der Waals surface area contributed by atoms with Crippen LogP contribution in [0.1, 0.15) is 10.4 Å². The van der Waals surface area contributed by atoms with Crippen molar-refractivity contribution in [2.45, 2.75) is 0 Å². The van der Waals surface area contributed by atoms with Crippen LogP contribution in [0, 0.1) is 5.82 Å². The van der Waals surface area contributed by atoms with E-state index in [1.807, 2.05) is 0 Å².